The average Bonchev–Trinajstić information content (AvgIpc) is 3.25. The van der Waals surface area contributed by atoms with Crippen molar-refractivity contribution in [3.05, 3.63) is 0 Å². The van der Waals surface area contributed by atoms with Crippen LogP contribution in [0.5, 0.6) is 0 Å². The zero-order valence-corrected chi connectivity index (χ0v) is 13.2. The molecule has 0 atom stereocenters. The minimum absolute atomic E-state index is 0.0388. The van der Waals surface area contributed by atoms with Crippen molar-refractivity contribution in [2.45, 2.75) is 30.9 Å². The van der Waals surface area contributed by atoms with Gasteiger partial charge in [0, 0.05) is 20.6 Å². The third-order valence-electron chi connectivity index (χ3n) is 4.25. The van der Waals surface area contributed by atoms with Crippen molar-refractivity contribution in [1.29, 1.82) is 0 Å². The molecule has 0 aromatic rings. The summed E-state index contributed by atoms with van der Waals surface area (Å²) in [6, 6.07) is 0. The van der Waals surface area contributed by atoms with E-state index in [1.165, 1.54) is 0 Å². The number of likely N-dealkylation sites (N-methyl/N-ethyl adjacent to an activating group) is 1. The van der Waals surface area contributed by atoms with Crippen LogP contribution >= 0.6 is 0 Å². The Hall–Kier alpha value is -0.660. The number of amides is 1. The third kappa shape index (κ3) is 3.93. The lowest BCUT2D eigenvalue weighted by atomic mass is 9.97. The summed E-state index contributed by atoms with van der Waals surface area (Å²) in [5, 5.41) is 2.50. The number of nitrogens with zero attached hydrogens (tertiary/aromatic N) is 2. The molecule has 116 valence electrons. The van der Waals surface area contributed by atoms with E-state index in [-0.39, 0.29) is 11.2 Å². The monoisotopic (exact) mass is 303 g/mol. The third-order valence-corrected chi connectivity index (χ3v) is 6.58. The summed E-state index contributed by atoms with van der Waals surface area (Å²) in [7, 11) is 0.299. The Morgan fingerprint density at radius 3 is 2.35 bits per heavy atom. The molecule has 2 fully saturated rings. The van der Waals surface area contributed by atoms with E-state index < -0.39 is 10.0 Å². The van der Waals surface area contributed by atoms with Gasteiger partial charge in [-0.3, -0.25) is 9.69 Å². The molecule has 1 saturated heterocycles. The van der Waals surface area contributed by atoms with E-state index >= 15 is 0 Å². The van der Waals surface area contributed by atoms with Crippen LogP contribution in [0.25, 0.3) is 0 Å². The van der Waals surface area contributed by atoms with Gasteiger partial charge in [0.15, 0.2) is 0 Å². The number of piperidine rings is 1. The Kier molecular flexibility index (Phi) is 5.04. The second kappa shape index (κ2) is 6.41. The van der Waals surface area contributed by atoms with E-state index in [9.17, 15) is 13.2 Å². The highest BCUT2D eigenvalue weighted by Gasteiger charge is 2.39. The minimum atomic E-state index is -3.05. The lowest BCUT2D eigenvalue weighted by molar-refractivity contribution is -0.122. The number of carbonyl (C=O) groups is 1. The fraction of sp³-hybridized carbons (Fsp3) is 0.923. The molecular weight excluding hydrogens is 278 g/mol. The number of hydrogen-bond donors (Lipinski definition) is 1. The van der Waals surface area contributed by atoms with E-state index in [0.29, 0.717) is 19.0 Å². The first-order valence-electron chi connectivity index (χ1n) is 7.31. The van der Waals surface area contributed by atoms with Gasteiger partial charge in [-0.1, -0.05) is 0 Å². The maximum atomic E-state index is 12.1. The number of sulfonamides is 1. The van der Waals surface area contributed by atoms with Crippen molar-refractivity contribution in [1.82, 2.24) is 14.5 Å². The fourth-order valence-electron chi connectivity index (χ4n) is 2.70. The molecule has 6 nitrogen and oxygen atoms in total. The van der Waals surface area contributed by atoms with Gasteiger partial charge < -0.3 is 5.32 Å². The molecule has 1 amide bonds. The average molecular weight is 303 g/mol. The molecule has 0 aromatic heterocycles. The summed E-state index contributed by atoms with van der Waals surface area (Å²) < 4.78 is 25.7. The van der Waals surface area contributed by atoms with Crippen molar-refractivity contribution < 1.29 is 13.2 Å². The van der Waals surface area contributed by atoms with E-state index in [1.807, 2.05) is 0 Å². The van der Waals surface area contributed by atoms with Crippen LogP contribution in [0.15, 0.2) is 0 Å². The predicted octanol–water partition coefficient (Wildman–Crippen LogP) is -0.132. The number of carbonyl (C=O) groups excluding carboxylic acids is 1. The first kappa shape index (κ1) is 15.7. The summed E-state index contributed by atoms with van der Waals surface area (Å²) in [6.07, 6.45) is 3.55. The van der Waals surface area contributed by atoms with Crippen molar-refractivity contribution >= 4 is 15.9 Å². The van der Waals surface area contributed by atoms with Gasteiger partial charge in [0.2, 0.25) is 15.9 Å². The smallest absolute Gasteiger partial charge is 0.233 e. The zero-order chi connectivity index (χ0) is 14.8. The molecule has 0 spiro atoms. The molecule has 0 radical (unpaired) electrons. The molecule has 0 bridgehead atoms. The number of nitrogens with one attached hydrogen (secondary N) is 1. The van der Waals surface area contributed by atoms with E-state index in [2.05, 4.69) is 10.2 Å². The lowest BCUT2D eigenvalue weighted by Gasteiger charge is -2.33. The quantitative estimate of drug-likeness (QED) is 0.742. The lowest BCUT2D eigenvalue weighted by Crippen LogP contribution is -2.43. The summed E-state index contributed by atoms with van der Waals surface area (Å²) in [5.41, 5.74) is 0. The fourth-order valence-corrected chi connectivity index (χ4v) is 4.36. The number of likely N-dealkylation sites (tertiary alicyclic amines) is 1. The topological polar surface area (TPSA) is 69.7 Å². The van der Waals surface area contributed by atoms with E-state index in [4.69, 9.17) is 0 Å². The molecule has 1 saturated carbocycles. The highest BCUT2D eigenvalue weighted by atomic mass is 32.2. The van der Waals surface area contributed by atoms with Gasteiger partial charge >= 0.3 is 0 Å². The first-order chi connectivity index (χ1) is 9.43. The molecule has 2 rings (SSSR count). The van der Waals surface area contributed by atoms with Crippen molar-refractivity contribution in [2.24, 2.45) is 5.92 Å². The zero-order valence-electron chi connectivity index (χ0n) is 12.3. The Morgan fingerprint density at radius 1 is 1.25 bits per heavy atom. The number of hydrogen-bond acceptors (Lipinski definition) is 4. The largest absolute Gasteiger partial charge is 0.358 e. The molecular formula is C13H25N3O3S. The second-order valence-electron chi connectivity index (χ2n) is 5.92. The minimum Gasteiger partial charge on any atom is -0.358 e. The normalized spacial score (nSPS) is 22.1. The van der Waals surface area contributed by atoms with Crippen LogP contribution in [0.1, 0.15) is 25.7 Å². The van der Waals surface area contributed by atoms with Crippen LogP contribution < -0.4 is 5.32 Å². The molecule has 0 aromatic carbocycles. The standard InChI is InChI=1S/C13H25N3O3S/c1-14-13(17)10-16-7-5-11(6-8-16)9-15(2)20(18,19)12-3-4-12/h11-12H,3-10H2,1-2H3,(H,14,17). The van der Waals surface area contributed by atoms with Crippen LogP contribution in [-0.2, 0) is 14.8 Å². The Labute approximate surface area is 121 Å². The molecule has 1 heterocycles. The van der Waals surface area contributed by atoms with Crippen molar-refractivity contribution in [3.8, 4) is 0 Å². The molecule has 7 heteroatoms. The molecule has 1 aliphatic heterocycles. The maximum Gasteiger partial charge on any atom is 0.233 e. The van der Waals surface area contributed by atoms with Gasteiger partial charge in [-0.25, -0.2) is 12.7 Å². The van der Waals surface area contributed by atoms with Crippen LogP contribution in [0.4, 0.5) is 0 Å². The molecule has 1 N–H and O–H groups in total. The highest BCUT2D eigenvalue weighted by Crippen LogP contribution is 2.31. The molecule has 0 unspecified atom stereocenters. The maximum absolute atomic E-state index is 12.1. The van der Waals surface area contributed by atoms with Crippen LogP contribution in [-0.4, -0.2) is 69.1 Å². The Balaban J connectivity index is 1.75. The van der Waals surface area contributed by atoms with Gasteiger partial charge in [0.25, 0.3) is 0 Å². The van der Waals surface area contributed by atoms with Gasteiger partial charge in [0.05, 0.1) is 11.8 Å². The van der Waals surface area contributed by atoms with Crippen LogP contribution in [0.3, 0.4) is 0 Å². The summed E-state index contributed by atoms with van der Waals surface area (Å²) in [5.74, 6) is 0.450. The van der Waals surface area contributed by atoms with Crippen molar-refractivity contribution in [3.63, 3.8) is 0 Å². The summed E-state index contributed by atoms with van der Waals surface area (Å²) in [4.78, 5) is 13.4. The predicted molar refractivity (Wildman–Crippen MR) is 77.8 cm³/mol. The van der Waals surface area contributed by atoms with Crippen LogP contribution in [0, 0.1) is 5.92 Å². The second-order valence-corrected chi connectivity index (χ2v) is 8.24. The van der Waals surface area contributed by atoms with Gasteiger partial charge in [0.1, 0.15) is 0 Å². The van der Waals surface area contributed by atoms with Gasteiger partial charge in [-0.15, -0.1) is 0 Å². The van der Waals surface area contributed by atoms with E-state index in [1.54, 1.807) is 18.4 Å². The summed E-state index contributed by atoms with van der Waals surface area (Å²) in [6.45, 7) is 2.80. The van der Waals surface area contributed by atoms with E-state index in [0.717, 1.165) is 38.8 Å². The molecule has 20 heavy (non-hydrogen) atoms. The van der Waals surface area contributed by atoms with Gasteiger partial charge in [-0.05, 0) is 44.7 Å². The summed E-state index contributed by atoms with van der Waals surface area (Å²) >= 11 is 0. The number of rotatable bonds is 6. The SMILES string of the molecule is CNC(=O)CN1CCC(CN(C)S(=O)(=O)C2CC2)CC1. The van der Waals surface area contributed by atoms with Crippen molar-refractivity contribution in [2.75, 3.05) is 40.3 Å². The Morgan fingerprint density at radius 2 is 1.85 bits per heavy atom. The molecule has 1 aliphatic carbocycles. The molecule has 2 aliphatic rings. The first-order valence-corrected chi connectivity index (χ1v) is 8.82. The van der Waals surface area contributed by atoms with Crippen LogP contribution in [0.2, 0.25) is 0 Å². The Bertz CT molecular complexity index is 440. The highest BCUT2D eigenvalue weighted by molar-refractivity contribution is 7.90. The van der Waals surface area contributed by atoms with Gasteiger partial charge in [-0.2, -0.15) is 0 Å².